The summed E-state index contributed by atoms with van der Waals surface area (Å²) in [4.78, 5) is 20.4. The molecule has 67 valence electrons. The Hall–Kier alpha value is -1.32. The molecule has 4 heteroatoms. The van der Waals surface area contributed by atoms with E-state index >= 15 is 0 Å². The highest BCUT2D eigenvalue weighted by Gasteiger charge is 2.11. The molecular weight excluding hydrogens is 160 g/mol. The number of ether oxygens (including phenoxy) is 2. The average Bonchev–Trinajstić information content (AvgIpc) is 2.05. The van der Waals surface area contributed by atoms with Crippen molar-refractivity contribution in [3.05, 3.63) is 12.7 Å². The molecule has 0 aromatic rings. The lowest BCUT2D eigenvalue weighted by molar-refractivity contribution is -0.160. The minimum absolute atomic E-state index is 0.467. The molecule has 0 aromatic carbocycles. The second-order valence-electron chi connectivity index (χ2n) is 2.06. The van der Waals surface area contributed by atoms with Crippen molar-refractivity contribution in [2.24, 2.45) is 0 Å². The molecule has 1 atom stereocenters. The molecule has 0 fully saturated rings. The van der Waals surface area contributed by atoms with E-state index in [-0.39, 0.29) is 0 Å². The smallest absolute Gasteiger partial charge is 0.420 e. The molecule has 1 unspecified atom stereocenters. The zero-order valence-electron chi connectivity index (χ0n) is 6.91. The Morgan fingerprint density at radius 1 is 1.75 bits per heavy atom. The van der Waals surface area contributed by atoms with Gasteiger partial charge in [0.05, 0.1) is 0 Å². The van der Waals surface area contributed by atoms with Crippen molar-refractivity contribution < 1.29 is 19.1 Å². The monoisotopic (exact) mass is 171 g/mol. The van der Waals surface area contributed by atoms with Crippen molar-refractivity contribution in [1.29, 1.82) is 0 Å². The van der Waals surface area contributed by atoms with Gasteiger partial charge in [-0.3, -0.25) is 0 Å². The molecule has 0 aromatic heterocycles. The molecule has 0 N–H and O–H groups in total. The van der Waals surface area contributed by atoms with Gasteiger partial charge < -0.3 is 9.47 Å². The van der Waals surface area contributed by atoms with Gasteiger partial charge in [-0.25, -0.2) is 9.59 Å². The van der Waals surface area contributed by atoms with E-state index in [0.717, 1.165) is 12.5 Å². The second kappa shape index (κ2) is 6.39. The standard InChI is InChI=1S/C8H11O4/c1-3-5-8(11-6-9)12-7(10)4-2/h4,8H,2-3,5H2,1H3. The van der Waals surface area contributed by atoms with Gasteiger partial charge in [0.25, 0.3) is 0 Å². The third-order valence-corrected chi connectivity index (χ3v) is 1.12. The molecule has 12 heavy (non-hydrogen) atoms. The van der Waals surface area contributed by atoms with Gasteiger partial charge in [-0.2, -0.15) is 0 Å². The van der Waals surface area contributed by atoms with Gasteiger partial charge in [-0.1, -0.05) is 13.5 Å². The molecule has 0 heterocycles. The Bertz CT molecular complexity index is 164. The average molecular weight is 171 g/mol. The predicted octanol–water partition coefficient (Wildman–Crippen LogP) is 0.926. The largest absolute Gasteiger partial charge is 0.422 e. The highest BCUT2D eigenvalue weighted by atomic mass is 16.7. The predicted molar refractivity (Wildman–Crippen MR) is 41.8 cm³/mol. The molecule has 0 saturated heterocycles. The second-order valence-corrected chi connectivity index (χ2v) is 2.06. The van der Waals surface area contributed by atoms with E-state index in [9.17, 15) is 9.59 Å². The van der Waals surface area contributed by atoms with E-state index in [0.29, 0.717) is 6.42 Å². The Kier molecular flexibility index (Phi) is 5.69. The van der Waals surface area contributed by atoms with Crippen LogP contribution < -0.4 is 0 Å². The lowest BCUT2D eigenvalue weighted by Crippen LogP contribution is -2.19. The summed E-state index contributed by atoms with van der Waals surface area (Å²) < 4.78 is 9.00. The number of esters is 1. The molecule has 4 nitrogen and oxygen atoms in total. The zero-order chi connectivity index (χ0) is 9.40. The number of carbonyl (C=O) groups excluding carboxylic acids is 2. The molecule has 0 saturated carbocycles. The highest BCUT2D eigenvalue weighted by molar-refractivity contribution is 5.81. The highest BCUT2D eigenvalue weighted by Crippen LogP contribution is 2.03. The number of hydrogen-bond acceptors (Lipinski definition) is 4. The Morgan fingerprint density at radius 3 is 2.83 bits per heavy atom. The number of carbonyl (C=O) groups is 1. The van der Waals surface area contributed by atoms with Crippen molar-refractivity contribution in [2.45, 2.75) is 26.1 Å². The van der Waals surface area contributed by atoms with Crippen LogP contribution >= 0.6 is 0 Å². The van der Waals surface area contributed by atoms with Gasteiger partial charge in [0.2, 0.25) is 6.29 Å². The summed E-state index contributed by atoms with van der Waals surface area (Å²) in [7, 11) is 0. The van der Waals surface area contributed by atoms with Crippen LogP contribution in [0, 0.1) is 0 Å². The van der Waals surface area contributed by atoms with E-state index in [4.69, 9.17) is 0 Å². The van der Waals surface area contributed by atoms with E-state index in [1.165, 1.54) is 6.47 Å². The summed E-state index contributed by atoms with van der Waals surface area (Å²) in [5, 5.41) is 0. The van der Waals surface area contributed by atoms with Gasteiger partial charge in [0.1, 0.15) is 0 Å². The lowest BCUT2D eigenvalue weighted by atomic mass is 10.3. The fraction of sp³-hybridized carbons (Fsp3) is 0.500. The molecule has 0 aliphatic heterocycles. The first-order valence-corrected chi connectivity index (χ1v) is 3.60. The third-order valence-electron chi connectivity index (χ3n) is 1.12. The van der Waals surface area contributed by atoms with Crippen LogP contribution in [0.3, 0.4) is 0 Å². The van der Waals surface area contributed by atoms with E-state index in [1.807, 2.05) is 6.92 Å². The third kappa shape index (κ3) is 4.49. The fourth-order valence-corrected chi connectivity index (χ4v) is 0.609. The molecule has 0 amide bonds. The fourth-order valence-electron chi connectivity index (χ4n) is 0.609. The van der Waals surface area contributed by atoms with Crippen molar-refractivity contribution in [3.63, 3.8) is 0 Å². The quantitative estimate of drug-likeness (QED) is 0.339. The summed E-state index contributed by atoms with van der Waals surface area (Å²) >= 11 is 0. The van der Waals surface area contributed by atoms with Crippen molar-refractivity contribution in [2.75, 3.05) is 0 Å². The summed E-state index contributed by atoms with van der Waals surface area (Å²) in [6.45, 7) is 6.30. The summed E-state index contributed by atoms with van der Waals surface area (Å²) in [6.07, 6.45) is 1.39. The van der Waals surface area contributed by atoms with Gasteiger partial charge in [0.15, 0.2) is 0 Å². The van der Waals surface area contributed by atoms with E-state index in [1.54, 1.807) is 0 Å². The van der Waals surface area contributed by atoms with Gasteiger partial charge in [-0.15, -0.1) is 0 Å². The van der Waals surface area contributed by atoms with Gasteiger partial charge in [-0.05, 0) is 6.42 Å². The number of hydrogen-bond donors (Lipinski definition) is 0. The first-order chi connectivity index (χ1) is 5.74. The Morgan fingerprint density at radius 2 is 2.42 bits per heavy atom. The first-order valence-electron chi connectivity index (χ1n) is 3.60. The molecule has 1 radical (unpaired) electrons. The zero-order valence-corrected chi connectivity index (χ0v) is 6.91. The van der Waals surface area contributed by atoms with Crippen LogP contribution in [0.2, 0.25) is 0 Å². The van der Waals surface area contributed by atoms with Crippen LogP contribution in [0.1, 0.15) is 19.8 Å². The molecule has 0 aliphatic carbocycles. The maximum Gasteiger partial charge on any atom is 0.420 e. The van der Waals surface area contributed by atoms with Gasteiger partial charge in [0, 0.05) is 12.5 Å². The van der Waals surface area contributed by atoms with E-state index < -0.39 is 12.3 Å². The molecule has 0 aliphatic rings. The van der Waals surface area contributed by atoms with E-state index in [2.05, 4.69) is 16.1 Å². The normalized spacial score (nSPS) is 11.4. The topological polar surface area (TPSA) is 52.6 Å². The van der Waals surface area contributed by atoms with Crippen LogP contribution in [0.15, 0.2) is 12.7 Å². The first kappa shape index (κ1) is 10.7. The molecule has 0 rings (SSSR count). The van der Waals surface area contributed by atoms with Crippen LogP contribution in [0.4, 0.5) is 0 Å². The van der Waals surface area contributed by atoms with Crippen LogP contribution in [0.25, 0.3) is 0 Å². The maximum absolute atomic E-state index is 10.6. The lowest BCUT2D eigenvalue weighted by Gasteiger charge is -2.12. The Labute approximate surface area is 71.2 Å². The minimum Gasteiger partial charge on any atom is -0.422 e. The summed E-state index contributed by atoms with van der Waals surface area (Å²) in [6, 6.07) is 0. The molecular formula is C8H11O4. The van der Waals surface area contributed by atoms with Crippen LogP contribution in [-0.2, 0) is 19.1 Å². The molecule has 0 spiro atoms. The molecule has 0 bridgehead atoms. The van der Waals surface area contributed by atoms with Crippen LogP contribution in [-0.4, -0.2) is 18.7 Å². The maximum atomic E-state index is 10.6. The summed E-state index contributed by atoms with van der Waals surface area (Å²) in [5.74, 6) is -0.608. The Balaban J connectivity index is 3.83. The SMILES string of the molecule is C=CC(=O)OC(CCC)O[C]=O. The summed E-state index contributed by atoms with van der Waals surface area (Å²) in [5.41, 5.74) is 0. The van der Waals surface area contributed by atoms with Crippen molar-refractivity contribution in [1.82, 2.24) is 0 Å². The van der Waals surface area contributed by atoms with Crippen LogP contribution in [0.5, 0.6) is 0 Å². The number of rotatable bonds is 6. The van der Waals surface area contributed by atoms with Crippen molar-refractivity contribution in [3.8, 4) is 0 Å². The minimum atomic E-state index is -0.835. The van der Waals surface area contributed by atoms with Crippen molar-refractivity contribution >= 4 is 12.4 Å². The van der Waals surface area contributed by atoms with Gasteiger partial charge >= 0.3 is 12.4 Å².